The molecule has 0 saturated heterocycles. The van der Waals surface area contributed by atoms with Gasteiger partial charge in [-0.15, -0.1) is 0 Å². The SMILES string of the molecule is CNC(=O)c1ccc2c(N)ncc(Br)c2n1. The van der Waals surface area contributed by atoms with E-state index in [-0.39, 0.29) is 5.91 Å². The normalized spacial score (nSPS) is 10.4. The zero-order valence-corrected chi connectivity index (χ0v) is 10.1. The van der Waals surface area contributed by atoms with E-state index in [9.17, 15) is 4.79 Å². The number of pyridine rings is 2. The monoisotopic (exact) mass is 280 g/mol. The van der Waals surface area contributed by atoms with Crippen LogP contribution in [-0.2, 0) is 0 Å². The van der Waals surface area contributed by atoms with E-state index in [1.54, 1.807) is 25.4 Å². The molecular weight excluding hydrogens is 272 g/mol. The summed E-state index contributed by atoms with van der Waals surface area (Å²) < 4.78 is 0.711. The number of carbonyl (C=O) groups is 1. The first-order valence-electron chi connectivity index (χ1n) is 4.56. The van der Waals surface area contributed by atoms with E-state index in [1.165, 1.54) is 0 Å². The number of nitrogen functional groups attached to an aromatic ring is 1. The fourth-order valence-corrected chi connectivity index (χ4v) is 1.76. The molecule has 6 heteroatoms. The lowest BCUT2D eigenvalue weighted by Crippen LogP contribution is -2.19. The smallest absolute Gasteiger partial charge is 0.269 e. The van der Waals surface area contributed by atoms with Crippen LogP contribution in [0.1, 0.15) is 10.5 Å². The van der Waals surface area contributed by atoms with Crippen LogP contribution >= 0.6 is 15.9 Å². The molecular formula is C10H9BrN4O. The Morgan fingerprint density at radius 2 is 2.25 bits per heavy atom. The van der Waals surface area contributed by atoms with Crippen LogP contribution in [0.4, 0.5) is 5.82 Å². The maximum Gasteiger partial charge on any atom is 0.269 e. The van der Waals surface area contributed by atoms with Gasteiger partial charge in [-0.2, -0.15) is 0 Å². The van der Waals surface area contributed by atoms with Crippen LogP contribution in [0.5, 0.6) is 0 Å². The van der Waals surface area contributed by atoms with Gasteiger partial charge in [0.15, 0.2) is 0 Å². The van der Waals surface area contributed by atoms with Crippen LogP contribution in [0.3, 0.4) is 0 Å². The lowest BCUT2D eigenvalue weighted by atomic mass is 10.2. The highest BCUT2D eigenvalue weighted by molar-refractivity contribution is 9.10. The Kier molecular flexibility index (Phi) is 2.74. The van der Waals surface area contributed by atoms with Crippen LogP contribution < -0.4 is 11.1 Å². The van der Waals surface area contributed by atoms with Crippen LogP contribution in [0.25, 0.3) is 10.9 Å². The summed E-state index contributed by atoms with van der Waals surface area (Å²) in [6.45, 7) is 0. The fourth-order valence-electron chi connectivity index (χ4n) is 1.36. The van der Waals surface area contributed by atoms with E-state index in [0.717, 1.165) is 5.39 Å². The zero-order chi connectivity index (χ0) is 11.7. The van der Waals surface area contributed by atoms with Gasteiger partial charge in [0.05, 0.1) is 9.99 Å². The number of rotatable bonds is 1. The van der Waals surface area contributed by atoms with E-state index in [1.807, 2.05) is 0 Å². The third-order valence-corrected chi connectivity index (χ3v) is 2.75. The van der Waals surface area contributed by atoms with Crippen molar-refractivity contribution in [3.05, 3.63) is 28.5 Å². The molecule has 0 aromatic carbocycles. The lowest BCUT2D eigenvalue weighted by Gasteiger charge is -2.04. The molecule has 1 amide bonds. The van der Waals surface area contributed by atoms with Gasteiger partial charge in [0, 0.05) is 18.6 Å². The van der Waals surface area contributed by atoms with Gasteiger partial charge in [0.1, 0.15) is 11.5 Å². The van der Waals surface area contributed by atoms with Gasteiger partial charge in [0.25, 0.3) is 5.91 Å². The third kappa shape index (κ3) is 1.71. The summed E-state index contributed by atoms with van der Waals surface area (Å²) >= 11 is 3.32. The van der Waals surface area contributed by atoms with E-state index < -0.39 is 0 Å². The molecule has 82 valence electrons. The van der Waals surface area contributed by atoms with Gasteiger partial charge in [-0.3, -0.25) is 4.79 Å². The van der Waals surface area contributed by atoms with Gasteiger partial charge in [0.2, 0.25) is 0 Å². The Morgan fingerprint density at radius 3 is 2.94 bits per heavy atom. The predicted octanol–water partition coefficient (Wildman–Crippen LogP) is 1.33. The number of aromatic nitrogens is 2. The van der Waals surface area contributed by atoms with Gasteiger partial charge in [-0.1, -0.05) is 0 Å². The summed E-state index contributed by atoms with van der Waals surface area (Å²) in [5.74, 6) is 0.165. The van der Waals surface area contributed by atoms with Gasteiger partial charge < -0.3 is 11.1 Å². The Morgan fingerprint density at radius 1 is 1.50 bits per heavy atom. The number of nitrogens with one attached hydrogen (secondary N) is 1. The molecule has 16 heavy (non-hydrogen) atoms. The number of hydrogen-bond donors (Lipinski definition) is 2. The third-order valence-electron chi connectivity index (χ3n) is 2.17. The van der Waals surface area contributed by atoms with Crippen molar-refractivity contribution in [2.24, 2.45) is 0 Å². The quantitative estimate of drug-likeness (QED) is 0.826. The van der Waals surface area contributed by atoms with Crippen molar-refractivity contribution in [1.29, 1.82) is 0 Å². The molecule has 2 heterocycles. The van der Waals surface area contributed by atoms with Crippen LogP contribution in [0.2, 0.25) is 0 Å². The number of nitrogens with zero attached hydrogens (tertiary/aromatic N) is 2. The lowest BCUT2D eigenvalue weighted by molar-refractivity contribution is 0.0958. The van der Waals surface area contributed by atoms with Crippen LogP contribution in [0.15, 0.2) is 22.8 Å². The van der Waals surface area contributed by atoms with E-state index in [4.69, 9.17) is 5.73 Å². The molecule has 2 rings (SSSR count). The first-order valence-corrected chi connectivity index (χ1v) is 5.35. The Balaban J connectivity index is 2.70. The number of amides is 1. The summed E-state index contributed by atoms with van der Waals surface area (Å²) in [4.78, 5) is 19.6. The van der Waals surface area contributed by atoms with Gasteiger partial charge in [-0.25, -0.2) is 9.97 Å². The average Bonchev–Trinajstić information content (AvgIpc) is 2.32. The largest absolute Gasteiger partial charge is 0.383 e. The summed E-state index contributed by atoms with van der Waals surface area (Å²) in [5, 5.41) is 3.24. The molecule has 0 aliphatic heterocycles. The molecule has 0 aliphatic carbocycles. The summed E-state index contributed by atoms with van der Waals surface area (Å²) in [6, 6.07) is 3.35. The molecule has 0 saturated carbocycles. The highest BCUT2D eigenvalue weighted by Crippen LogP contribution is 2.24. The highest BCUT2D eigenvalue weighted by Gasteiger charge is 2.09. The molecule has 0 bridgehead atoms. The topological polar surface area (TPSA) is 80.9 Å². The van der Waals surface area contributed by atoms with Crippen molar-refractivity contribution < 1.29 is 4.79 Å². The summed E-state index contributed by atoms with van der Waals surface area (Å²) in [7, 11) is 1.56. The molecule has 0 radical (unpaired) electrons. The van der Waals surface area contributed by atoms with Crippen molar-refractivity contribution in [3.63, 3.8) is 0 Å². The zero-order valence-electron chi connectivity index (χ0n) is 8.49. The minimum atomic E-state index is -0.232. The average molecular weight is 281 g/mol. The van der Waals surface area contributed by atoms with Crippen molar-refractivity contribution in [2.45, 2.75) is 0 Å². The molecule has 3 N–H and O–H groups in total. The first kappa shape index (κ1) is 10.8. The highest BCUT2D eigenvalue weighted by atomic mass is 79.9. The van der Waals surface area contributed by atoms with Gasteiger partial charge in [-0.05, 0) is 28.1 Å². The molecule has 0 aliphatic rings. The second-order valence-corrected chi connectivity index (χ2v) is 4.02. The maximum absolute atomic E-state index is 11.4. The van der Waals surface area contributed by atoms with E-state index >= 15 is 0 Å². The number of halogens is 1. The molecule has 0 atom stereocenters. The van der Waals surface area contributed by atoms with Crippen molar-refractivity contribution in [3.8, 4) is 0 Å². The second-order valence-electron chi connectivity index (χ2n) is 3.16. The number of hydrogen-bond acceptors (Lipinski definition) is 4. The summed E-state index contributed by atoms with van der Waals surface area (Å²) in [6.07, 6.45) is 1.57. The van der Waals surface area contributed by atoms with Crippen LogP contribution in [0, 0.1) is 0 Å². The molecule has 2 aromatic heterocycles. The first-order chi connectivity index (χ1) is 7.63. The fraction of sp³-hybridized carbons (Fsp3) is 0.100. The predicted molar refractivity (Wildman–Crippen MR) is 65.0 cm³/mol. The standard InChI is InChI=1S/C10H9BrN4O/c1-13-10(16)7-3-2-5-8(15-7)6(11)4-14-9(5)12/h2-4H,1H3,(H2,12,14)(H,13,16). The molecule has 0 spiro atoms. The Bertz CT molecular complexity index is 570. The molecule has 2 aromatic rings. The van der Waals surface area contributed by atoms with E-state index in [0.29, 0.717) is 21.5 Å². The van der Waals surface area contributed by atoms with Crippen molar-refractivity contribution in [2.75, 3.05) is 12.8 Å². The van der Waals surface area contributed by atoms with Crippen molar-refractivity contribution >= 4 is 38.6 Å². The van der Waals surface area contributed by atoms with Crippen molar-refractivity contribution in [1.82, 2.24) is 15.3 Å². The number of fused-ring (bicyclic) bond motifs is 1. The second kappa shape index (κ2) is 4.05. The number of carbonyl (C=O) groups excluding carboxylic acids is 1. The number of anilines is 1. The minimum absolute atomic E-state index is 0.232. The van der Waals surface area contributed by atoms with E-state index in [2.05, 4.69) is 31.2 Å². The maximum atomic E-state index is 11.4. The molecule has 0 unspecified atom stereocenters. The van der Waals surface area contributed by atoms with Crippen LogP contribution in [-0.4, -0.2) is 22.9 Å². The van der Waals surface area contributed by atoms with Gasteiger partial charge >= 0.3 is 0 Å². The molecule has 5 nitrogen and oxygen atoms in total. The Hall–Kier alpha value is -1.69. The molecule has 0 fully saturated rings. The number of nitrogens with two attached hydrogens (primary N) is 1. The summed E-state index contributed by atoms with van der Waals surface area (Å²) in [5.41, 5.74) is 6.69. The Labute approximate surface area is 100 Å². The minimum Gasteiger partial charge on any atom is -0.383 e.